The summed E-state index contributed by atoms with van der Waals surface area (Å²) in [6, 6.07) is 4.89. The third-order valence-electron chi connectivity index (χ3n) is 2.73. The second-order valence-electron chi connectivity index (χ2n) is 4.30. The van der Waals surface area contributed by atoms with Gasteiger partial charge in [-0.25, -0.2) is 9.78 Å². The molecule has 0 atom stereocenters. The Hall–Kier alpha value is -2.08. The van der Waals surface area contributed by atoms with E-state index in [-0.39, 0.29) is 5.56 Å². The van der Waals surface area contributed by atoms with Crippen LogP contribution >= 0.6 is 11.3 Å². The van der Waals surface area contributed by atoms with Gasteiger partial charge in [0.25, 0.3) is 0 Å². The van der Waals surface area contributed by atoms with Crippen LogP contribution in [0.4, 0.5) is 11.4 Å². The Bertz CT molecular complexity index is 610. The van der Waals surface area contributed by atoms with Gasteiger partial charge in [0, 0.05) is 18.1 Å². The maximum Gasteiger partial charge on any atom is 0.337 e. The number of carbonyl (C=O) groups is 1. The minimum Gasteiger partial charge on any atom is -0.478 e. The first-order valence-electron chi connectivity index (χ1n) is 5.72. The lowest BCUT2D eigenvalue weighted by Gasteiger charge is -2.20. The number of anilines is 2. The minimum absolute atomic E-state index is 0.203. The van der Waals surface area contributed by atoms with Gasteiger partial charge >= 0.3 is 5.97 Å². The zero-order valence-electron chi connectivity index (χ0n) is 10.8. The van der Waals surface area contributed by atoms with Crippen LogP contribution in [0, 0.1) is 6.92 Å². The van der Waals surface area contributed by atoms with Crippen molar-refractivity contribution in [2.75, 3.05) is 17.7 Å². The second kappa shape index (κ2) is 5.27. The number of aryl methyl sites for hydroxylation is 1. The van der Waals surface area contributed by atoms with E-state index in [1.165, 1.54) is 6.07 Å². The van der Waals surface area contributed by atoms with Crippen LogP contribution in [0.15, 0.2) is 23.6 Å². The molecule has 2 aromatic rings. The maximum atomic E-state index is 11.2. The average molecular weight is 277 g/mol. The molecule has 100 valence electrons. The third kappa shape index (κ3) is 3.03. The van der Waals surface area contributed by atoms with Crippen LogP contribution in [-0.4, -0.2) is 23.1 Å². The van der Waals surface area contributed by atoms with Crippen LogP contribution in [-0.2, 0) is 6.54 Å². The number of nitrogens with two attached hydrogens (primary N) is 1. The molecule has 0 aliphatic rings. The van der Waals surface area contributed by atoms with E-state index in [1.54, 1.807) is 23.5 Å². The molecule has 0 fully saturated rings. The van der Waals surface area contributed by atoms with Crippen molar-refractivity contribution in [1.29, 1.82) is 0 Å². The van der Waals surface area contributed by atoms with Crippen molar-refractivity contribution in [3.05, 3.63) is 39.8 Å². The Morgan fingerprint density at radius 2 is 2.26 bits per heavy atom. The topological polar surface area (TPSA) is 79.5 Å². The number of nitrogens with zero attached hydrogens (tertiary/aromatic N) is 2. The lowest BCUT2D eigenvalue weighted by atomic mass is 10.1. The Labute approximate surface area is 115 Å². The molecule has 1 aromatic heterocycles. The monoisotopic (exact) mass is 277 g/mol. The number of thiazole rings is 1. The van der Waals surface area contributed by atoms with Crippen molar-refractivity contribution in [2.24, 2.45) is 0 Å². The molecular weight excluding hydrogens is 262 g/mol. The molecule has 2 rings (SSSR count). The average Bonchev–Trinajstić information content (AvgIpc) is 2.74. The zero-order valence-corrected chi connectivity index (χ0v) is 11.6. The summed E-state index contributed by atoms with van der Waals surface area (Å²) < 4.78 is 0. The Kier molecular flexibility index (Phi) is 3.71. The van der Waals surface area contributed by atoms with Crippen molar-refractivity contribution >= 4 is 28.7 Å². The van der Waals surface area contributed by atoms with Crippen LogP contribution < -0.4 is 10.6 Å². The van der Waals surface area contributed by atoms with Gasteiger partial charge in [0.15, 0.2) is 0 Å². The molecule has 0 aliphatic heterocycles. The van der Waals surface area contributed by atoms with E-state index in [0.717, 1.165) is 10.7 Å². The van der Waals surface area contributed by atoms with Gasteiger partial charge in [-0.3, -0.25) is 0 Å². The largest absolute Gasteiger partial charge is 0.478 e. The standard InChI is InChI=1S/C13H15N3O2S/c1-8-15-10(7-19-8)6-16(2)12-4-3-9(14)5-11(12)13(17)18/h3-5,7H,6,14H2,1-2H3,(H,17,18). The molecule has 5 nitrogen and oxygen atoms in total. The molecule has 0 aliphatic carbocycles. The van der Waals surface area contributed by atoms with E-state index in [9.17, 15) is 9.90 Å². The molecule has 3 N–H and O–H groups in total. The van der Waals surface area contributed by atoms with Crippen molar-refractivity contribution in [3.8, 4) is 0 Å². The van der Waals surface area contributed by atoms with Gasteiger partial charge in [-0.2, -0.15) is 0 Å². The fraction of sp³-hybridized carbons (Fsp3) is 0.231. The van der Waals surface area contributed by atoms with Crippen molar-refractivity contribution in [1.82, 2.24) is 4.98 Å². The van der Waals surface area contributed by atoms with Gasteiger partial charge in [-0.1, -0.05) is 0 Å². The molecule has 1 heterocycles. The SMILES string of the molecule is Cc1nc(CN(C)c2ccc(N)cc2C(=O)O)cs1. The van der Waals surface area contributed by atoms with Gasteiger partial charge in [0.1, 0.15) is 0 Å². The van der Waals surface area contributed by atoms with E-state index >= 15 is 0 Å². The first kappa shape index (κ1) is 13.4. The fourth-order valence-electron chi connectivity index (χ4n) is 1.87. The van der Waals surface area contributed by atoms with Crippen LogP contribution in [0.3, 0.4) is 0 Å². The van der Waals surface area contributed by atoms with E-state index in [0.29, 0.717) is 17.9 Å². The van der Waals surface area contributed by atoms with E-state index in [2.05, 4.69) is 4.98 Å². The number of hydrogen-bond acceptors (Lipinski definition) is 5. The number of carboxylic acid groups (broad SMARTS) is 1. The number of nitrogen functional groups attached to an aromatic ring is 1. The van der Waals surface area contributed by atoms with E-state index in [1.807, 2.05) is 24.3 Å². The summed E-state index contributed by atoms with van der Waals surface area (Å²) in [6.45, 7) is 2.51. The highest BCUT2D eigenvalue weighted by Gasteiger charge is 2.14. The number of hydrogen-bond donors (Lipinski definition) is 2. The molecule has 0 unspecified atom stereocenters. The Morgan fingerprint density at radius 1 is 1.53 bits per heavy atom. The smallest absolute Gasteiger partial charge is 0.337 e. The number of carboxylic acids is 1. The number of benzene rings is 1. The van der Waals surface area contributed by atoms with Gasteiger partial charge in [-0.05, 0) is 25.1 Å². The van der Waals surface area contributed by atoms with Crippen molar-refractivity contribution in [3.63, 3.8) is 0 Å². The van der Waals surface area contributed by atoms with E-state index in [4.69, 9.17) is 5.73 Å². The normalized spacial score (nSPS) is 10.4. The minimum atomic E-state index is -0.983. The van der Waals surface area contributed by atoms with Crippen LogP contribution in [0.2, 0.25) is 0 Å². The van der Waals surface area contributed by atoms with Gasteiger partial charge in [-0.15, -0.1) is 11.3 Å². The van der Waals surface area contributed by atoms with Crippen molar-refractivity contribution in [2.45, 2.75) is 13.5 Å². The lowest BCUT2D eigenvalue weighted by Crippen LogP contribution is -2.19. The summed E-state index contributed by atoms with van der Waals surface area (Å²) in [5, 5.41) is 12.2. The highest BCUT2D eigenvalue weighted by molar-refractivity contribution is 7.09. The quantitative estimate of drug-likeness (QED) is 0.839. The molecule has 0 saturated heterocycles. The van der Waals surface area contributed by atoms with Gasteiger partial charge in [0.05, 0.1) is 28.5 Å². The van der Waals surface area contributed by atoms with Gasteiger partial charge < -0.3 is 15.7 Å². The summed E-state index contributed by atoms with van der Waals surface area (Å²) in [5.41, 5.74) is 7.84. The molecular formula is C13H15N3O2S. The first-order chi connectivity index (χ1) is 8.97. The number of rotatable bonds is 4. The molecule has 0 radical (unpaired) electrons. The highest BCUT2D eigenvalue weighted by Crippen LogP contribution is 2.24. The maximum absolute atomic E-state index is 11.2. The molecule has 0 amide bonds. The second-order valence-corrected chi connectivity index (χ2v) is 5.36. The predicted molar refractivity (Wildman–Crippen MR) is 76.8 cm³/mol. The predicted octanol–water partition coefficient (Wildman–Crippen LogP) is 2.37. The van der Waals surface area contributed by atoms with Crippen LogP contribution in [0.1, 0.15) is 21.1 Å². The van der Waals surface area contributed by atoms with E-state index < -0.39 is 5.97 Å². The Balaban J connectivity index is 2.28. The molecule has 6 heteroatoms. The van der Waals surface area contributed by atoms with Crippen LogP contribution in [0.25, 0.3) is 0 Å². The first-order valence-corrected chi connectivity index (χ1v) is 6.60. The summed E-state index contributed by atoms with van der Waals surface area (Å²) >= 11 is 1.58. The molecule has 1 aromatic carbocycles. The number of aromatic nitrogens is 1. The molecule has 0 spiro atoms. The third-order valence-corrected chi connectivity index (χ3v) is 3.55. The van der Waals surface area contributed by atoms with Gasteiger partial charge in [0.2, 0.25) is 0 Å². The Morgan fingerprint density at radius 3 is 2.84 bits per heavy atom. The summed E-state index contributed by atoms with van der Waals surface area (Å²) in [6.07, 6.45) is 0. The number of aromatic carboxylic acids is 1. The summed E-state index contributed by atoms with van der Waals surface area (Å²) in [4.78, 5) is 17.5. The highest BCUT2D eigenvalue weighted by atomic mass is 32.1. The lowest BCUT2D eigenvalue weighted by molar-refractivity contribution is 0.0697. The summed E-state index contributed by atoms with van der Waals surface area (Å²) in [5.74, 6) is -0.983. The molecule has 19 heavy (non-hydrogen) atoms. The molecule has 0 bridgehead atoms. The molecule has 0 saturated carbocycles. The fourth-order valence-corrected chi connectivity index (χ4v) is 2.47. The van der Waals surface area contributed by atoms with Crippen LogP contribution in [0.5, 0.6) is 0 Å². The zero-order chi connectivity index (χ0) is 14.0. The van der Waals surface area contributed by atoms with Crippen molar-refractivity contribution < 1.29 is 9.90 Å². The summed E-state index contributed by atoms with van der Waals surface area (Å²) in [7, 11) is 1.84.